The molecule has 2 amide bonds. The van der Waals surface area contributed by atoms with E-state index in [0.717, 1.165) is 0 Å². The molecule has 0 atom stereocenters. The maximum atomic E-state index is 13.9. The fourth-order valence-electron chi connectivity index (χ4n) is 3.02. The number of carbonyl (C=O) groups is 2. The van der Waals surface area contributed by atoms with Crippen molar-refractivity contribution in [1.82, 2.24) is 4.90 Å². The minimum Gasteiger partial charge on any atom is -0.339 e. The van der Waals surface area contributed by atoms with Crippen molar-refractivity contribution >= 4 is 39.1 Å². The van der Waals surface area contributed by atoms with E-state index < -0.39 is 5.82 Å². The fourth-order valence-corrected chi connectivity index (χ4v) is 3.35. The highest BCUT2D eigenvalue weighted by atomic mass is 79.9. The van der Waals surface area contributed by atoms with Crippen LogP contribution in [0.5, 0.6) is 0 Å². The van der Waals surface area contributed by atoms with E-state index in [0.29, 0.717) is 36.0 Å². The third-order valence-corrected chi connectivity index (χ3v) is 5.05. The first kappa shape index (κ1) is 19.2. The maximum absolute atomic E-state index is 13.9. The van der Waals surface area contributed by atoms with Gasteiger partial charge in [-0.05, 0) is 60.5 Å². The molecular formula is C19H17BrFN3O3. The molecule has 1 aliphatic rings. The van der Waals surface area contributed by atoms with Crippen LogP contribution in [0, 0.1) is 16.6 Å². The van der Waals surface area contributed by atoms with Crippen LogP contribution in [-0.4, -0.2) is 29.8 Å². The Balaban J connectivity index is 1.56. The van der Waals surface area contributed by atoms with Crippen molar-refractivity contribution in [3.8, 4) is 0 Å². The van der Waals surface area contributed by atoms with Gasteiger partial charge >= 0.3 is 0 Å². The molecule has 8 heteroatoms. The first-order valence-electron chi connectivity index (χ1n) is 8.46. The topological polar surface area (TPSA) is 78.8 Å². The molecular weight excluding hydrogens is 417 g/mol. The number of likely N-dealkylation sites (tertiary alicyclic amines) is 1. The number of nitroso groups, excluding NO2 is 1. The second-order valence-corrected chi connectivity index (χ2v) is 7.23. The Hall–Kier alpha value is -2.61. The van der Waals surface area contributed by atoms with Gasteiger partial charge in [-0.2, -0.15) is 0 Å². The van der Waals surface area contributed by atoms with Crippen LogP contribution < -0.4 is 5.32 Å². The van der Waals surface area contributed by atoms with Gasteiger partial charge in [0.1, 0.15) is 11.5 Å². The number of benzene rings is 2. The monoisotopic (exact) mass is 433 g/mol. The summed E-state index contributed by atoms with van der Waals surface area (Å²) in [6, 6.07) is 10.6. The fraction of sp³-hybridized carbons (Fsp3) is 0.263. The normalized spacial score (nSPS) is 14.7. The van der Waals surface area contributed by atoms with Gasteiger partial charge in [-0.25, -0.2) is 4.39 Å². The van der Waals surface area contributed by atoms with E-state index in [-0.39, 0.29) is 29.1 Å². The average Bonchev–Trinajstić information content (AvgIpc) is 2.69. The number of hydrogen-bond donors (Lipinski definition) is 1. The van der Waals surface area contributed by atoms with E-state index in [1.54, 1.807) is 23.1 Å². The van der Waals surface area contributed by atoms with Crippen LogP contribution >= 0.6 is 15.9 Å². The zero-order chi connectivity index (χ0) is 19.4. The Morgan fingerprint density at radius 3 is 2.37 bits per heavy atom. The van der Waals surface area contributed by atoms with E-state index >= 15 is 0 Å². The van der Waals surface area contributed by atoms with Crippen molar-refractivity contribution in [1.29, 1.82) is 0 Å². The molecule has 1 aliphatic heterocycles. The summed E-state index contributed by atoms with van der Waals surface area (Å²) < 4.78 is 14.5. The molecule has 2 aromatic carbocycles. The summed E-state index contributed by atoms with van der Waals surface area (Å²) in [4.78, 5) is 37.0. The standard InChI is InChI=1S/C19H17BrFN3O3/c20-14-3-6-17(16(21)11-14)22-18(25)12-7-9-24(10-8-12)19(26)13-1-4-15(23-27)5-2-13/h1-6,11-12H,7-10H2,(H,22,25). The molecule has 1 saturated heterocycles. The van der Waals surface area contributed by atoms with Crippen molar-refractivity contribution in [3.63, 3.8) is 0 Å². The number of anilines is 1. The Kier molecular flexibility index (Phi) is 5.95. The first-order chi connectivity index (χ1) is 13.0. The molecule has 6 nitrogen and oxygen atoms in total. The third kappa shape index (κ3) is 4.57. The minimum atomic E-state index is -0.501. The lowest BCUT2D eigenvalue weighted by atomic mass is 9.95. The largest absolute Gasteiger partial charge is 0.339 e. The van der Waals surface area contributed by atoms with Crippen LogP contribution in [-0.2, 0) is 4.79 Å². The zero-order valence-corrected chi connectivity index (χ0v) is 15.9. The summed E-state index contributed by atoms with van der Waals surface area (Å²) in [6.45, 7) is 0.876. The molecule has 140 valence electrons. The maximum Gasteiger partial charge on any atom is 0.253 e. The van der Waals surface area contributed by atoms with Gasteiger partial charge in [0.05, 0.1) is 5.69 Å². The van der Waals surface area contributed by atoms with Crippen LogP contribution in [0.4, 0.5) is 15.8 Å². The predicted molar refractivity (Wildman–Crippen MR) is 103 cm³/mol. The average molecular weight is 434 g/mol. The smallest absolute Gasteiger partial charge is 0.253 e. The van der Waals surface area contributed by atoms with Crippen molar-refractivity contribution in [2.75, 3.05) is 18.4 Å². The van der Waals surface area contributed by atoms with E-state index in [9.17, 15) is 18.9 Å². The summed E-state index contributed by atoms with van der Waals surface area (Å²) >= 11 is 3.18. The number of amides is 2. The minimum absolute atomic E-state index is 0.144. The molecule has 1 N–H and O–H groups in total. The molecule has 0 unspecified atom stereocenters. The highest BCUT2D eigenvalue weighted by molar-refractivity contribution is 9.10. The predicted octanol–water partition coefficient (Wildman–Crippen LogP) is 4.48. The quantitative estimate of drug-likeness (QED) is 0.721. The van der Waals surface area contributed by atoms with E-state index in [1.807, 2.05) is 0 Å². The van der Waals surface area contributed by atoms with Crippen LogP contribution in [0.3, 0.4) is 0 Å². The zero-order valence-electron chi connectivity index (χ0n) is 14.3. The molecule has 0 bridgehead atoms. The number of halogens is 2. The van der Waals surface area contributed by atoms with Gasteiger partial charge in [0.25, 0.3) is 5.91 Å². The van der Waals surface area contributed by atoms with Crippen molar-refractivity contribution in [3.05, 3.63) is 63.2 Å². The lowest BCUT2D eigenvalue weighted by Crippen LogP contribution is -2.41. The molecule has 1 fully saturated rings. The van der Waals surface area contributed by atoms with E-state index in [1.165, 1.54) is 24.3 Å². The molecule has 0 aromatic heterocycles. The number of nitrogens with zero attached hydrogens (tertiary/aromatic N) is 2. The van der Waals surface area contributed by atoms with Gasteiger partial charge in [0.15, 0.2) is 0 Å². The number of rotatable bonds is 4. The molecule has 1 heterocycles. The van der Waals surface area contributed by atoms with Crippen molar-refractivity contribution in [2.45, 2.75) is 12.8 Å². The molecule has 0 radical (unpaired) electrons. The summed E-state index contributed by atoms with van der Waals surface area (Å²) in [5, 5.41) is 5.43. The van der Waals surface area contributed by atoms with Gasteiger partial charge in [-0.1, -0.05) is 15.9 Å². The first-order valence-corrected chi connectivity index (χ1v) is 9.26. The molecule has 0 spiro atoms. The Bertz CT molecular complexity index is 865. The van der Waals surface area contributed by atoms with Crippen LogP contribution in [0.2, 0.25) is 0 Å². The second-order valence-electron chi connectivity index (χ2n) is 6.32. The van der Waals surface area contributed by atoms with E-state index in [4.69, 9.17) is 0 Å². The Morgan fingerprint density at radius 2 is 1.78 bits per heavy atom. The van der Waals surface area contributed by atoms with Crippen molar-refractivity contribution < 1.29 is 14.0 Å². The summed E-state index contributed by atoms with van der Waals surface area (Å²) in [5.74, 6) is -1.17. The lowest BCUT2D eigenvalue weighted by Gasteiger charge is -2.31. The number of piperidine rings is 1. The Labute approximate surface area is 163 Å². The highest BCUT2D eigenvalue weighted by Gasteiger charge is 2.28. The summed E-state index contributed by atoms with van der Waals surface area (Å²) in [6.07, 6.45) is 1.01. The SMILES string of the molecule is O=Nc1ccc(C(=O)N2CCC(C(=O)Nc3ccc(Br)cc3F)CC2)cc1. The van der Waals surface area contributed by atoms with Crippen LogP contribution in [0.1, 0.15) is 23.2 Å². The second kappa shape index (κ2) is 8.39. The van der Waals surface area contributed by atoms with Gasteiger partial charge in [-0.3, -0.25) is 9.59 Å². The molecule has 2 aromatic rings. The molecule has 0 saturated carbocycles. The number of carbonyl (C=O) groups excluding carboxylic acids is 2. The number of hydrogen-bond acceptors (Lipinski definition) is 4. The lowest BCUT2D eigenvalue weighted by molar-refractivity contribution is -0.121. The van der Waals surface area contributed by atoms with Crippen LogP contribution in [0.15, 0.2) is 52.1 Å². The van der Waals surface area contributed by atoms with Crippen molar-refractivity contribution in [2.24, 2.45) is 11.1 Å². The molecule has 3 rings (SSSR count). The Morgan fingerprint density at radius 1 is 1.11 bits per heavy atom. The summed E-state index contributed by atoms with van der Waals surface area (Å²) in [5.41, 5.74) is 0.884. The van der Waals surface area contributed by atoms with Gasteiger partial charge in [0.2, 0.25) is 5.91 Å². The van der Waals surface area contributed by atoms with Gasteiger partial charge in [-0.15, -0.1) is 4.91 Å². The van der Waals surface area contributed by atoms with Crippen LogP contribution in [0.25, 0.3) is 0 Å². The number of nitrogens with one attached hydrogen (secondary N) is 1. The van der Waals surface area contributed by atoms with Gasteiger partial charge in [0, 0.05) is 29.0 Å². The summed E-state index contributed by atoms with van der Waals surface area (Å²) in [7, 11) is 0. The third-order valence-electron chi connectivity index (χ3n) is 4.56. The van der Waals surface area contributed by atoms with E-state index in [2.05, 4.69) is 26.4 Å². The van der Waals surface area contributed by atoms with Gasteiger partial charge < -0.3 is 10.2 Å². The highest BCUT2D eigenvalue weighted by Crippen LogP contribution is 2.24. The molecule has 0 aliphatic carbocycles. The molecule has 27 heavy (non-hydrogen) atoms.